The second-order valence-electron chi connectivity index (χ2n) is 7.30. The van der Waals surface area contributed by atoms with Crippen molar-refractivity contribution in [3.8, 4) is 11.8 Å². The smallest absolute Gasteiger partial charge is 0.256 e. The number of carbonyl (C=O) groups is 2. The summed E-state index contributed by atoms with van der Waals surface area (Å²) in [5, 5.41) is 18.6. The summed E-state index contributed by atoms with van der Waals surface area (Å²) in [5.74, 6) is -0.449. The van der Waals surface area contributed by atoms with Crippen molar-refractivity contribution < 1.29 is 9.59 Å². The number of para-hydroxylation sites is 1. The molecule has 10 nitrogen and oxygen atoms in total. The molecule has 1 unspecified atom stereocenters. The predicted molar refractivity (Wildman–Crippen MR) is 127 cm³/mol. The molecule has 0 spiro atoms. The number of aromatic nitrogens is 3. The zero-order chi connectivity index (χ0) is 24.1. The molecular formula is C24H20N8O2. The van der Waals surface area contributed by atoms with E-state index in [0.717, 1.165) is 5.69 Å². The molecule has 0 aliphatic heterocycles. The third-order valence-corrected chi connectivity index (χ3v) is 4.95. The van der Waals surface area contributed by atoms with E-state index >= 15 is 0 Å². The molecule has 10 heteroatoms. The molecule has 2 aromatic carbocycles. The molecular weight excluding hydrogens is 432 g/mol. The molecule has 0 saturated carbocycles. The number of nitrogen functional groups attached to an aromatic ring is 1. The van der Waals surface area contributed by atoms with Crippen molar-refractivity contribution in [3.05, 3.63) is 95.8 Å². The third kappa shape index (κ3) is 4.90. The van der Waals surface area contributed by atoms with Gasteiger partial charge in [-0.1, -0.05) is 30.3 Å². The van der Waals surface area contributed by atoms with Gasteiger partial charge in [0.2, 0.25) is 5.91 Å². The van der Waals surface area contributed by atoms with E-state index in [-0.39, 0.29) is 11.6 Å². The first-order chi connectivity index (χ1) is 16.4. The standard InChI is InChI=1S/C24H20N8O2/c25-13-15-10-11-28-20(12-15)29-24(34)21(27)16-6-8-17(9-7-16)23(33)30-22-19(26)14-32(31-22)18-4-2-1-3-5-18/h1-12,14,21H,26-27H2,(H,28,29,34)(H,30,31,33). The number of nitriles is 1. The Morgan fingerprint density at radius 2 is 1.76 bits per heavy atom. The minimum Gasteiger partial charge on any atom is -0.394 e. The lowest BCUT2D eigenvalue weighted by molar-refractivity contribution is -0.117. The zero-order valence-electron chi connectivity index (χ0n) is 17.8. The number of hydrogen-bond acceptors (Lipinski definition) is 7. The Kier molecular flexibility index (Phi) is 6.29. The van der Waals surface area contributed by atoms with Gasteiger partial charge in [0.05, 0.1) is 29.2 Å². The van der Waals surface area contributed by atoms with Crippen LogP contribution in [-0.2, 0) is 4.79 Å². The number of hydrogen-bond donors (Lipinski definition) is 4. The molecule has 0 saturated heterocycles. The molecule has 0 aliphatic rings. The fraction of sp³-hybridized carbons (Fsp3) is 0.0417. The molecule has 2 amide bonds. The zero-order valence-corrected chi connectivity index (χ0v) is 17.8. The molecule has 0 fully saturated rings. The van der Waals surface area contributed by atoms with Crippen molar-refractivity contribution in [2.75, 3.05) is 16.4 Å². The Morgan fingerprint density at radius 3 is 2.47 bits per heavy atom. The van der Waals surface area contributed by atoms with Gasteiger partial charge in [0.15, 0.2) is 5.82 Å². The van der Waals surface area contributed by atoms with E-state index in [1.165, 1.54) is 18.3 Å². The van der Waals surface area contributed by atoms with Gasteiger partial charge in [-0.25, -0.2) is 9.67 Å². The number of anilines is 3. The molecule has 2 aromatic heterocycles. The lowest BCUT2D eigenvalue weighted by atomic mass is 10.0. The molecule has 4 rings (SSSR count). The highest BCUT2D eigenvalue weighted by Gasteiger charge is 2.18. The highest BCUT2D eigenvalue weighted by Crippen LogP contribution is 2.20. The van der Waals surface area contributed by atoms with Crippen LogP contribution in [0.2, 0.25) is 0 Å². The van der Waals surface area contributed by atoms with Gasteiger partial charge in [-0.2, -0.15) is 5.26 Å². The maximum absolute atomic E-state index is 12.7. The Morgan fingerprint density at radius 1 is 1.03 bits per heavy atom. The highest BCUT2D eigenvalue weighted by molar-refractivity contribution is 6.05. The van der Waals surface area contributed by atoms with Crippen LogP contribution in [0, 0.1) is 11.3 Å². The first-order valence-corrected chi connectivity index (χ1v) is 10.2. The van der Waals surface area contributed by atoms with Crippen molar-refractivity contribution in [3.63, 3.8) is 0 Å². The van der Waals surface area contributed by atoms with Gasteiger partial charge in [0, 0.05) is 11.8 Å². The lowest BCUT2D eigenvalue weighted by Gasteiger charge is -2.13. The lowest BCUT2D eigenvalue weighted by Crippen LogP contribution is -2.28. The van der Waals surface area contributed by atoms with Gasteiger partial charge < -0.3 is 22.1 Å². The van der Waals surface area contributed by atoms with Crippen LogP contribution in [-0.4, -0.2) is 26.6 Å². The number of rotatable bonds is 6. The predicted octanol–water partition coefficient (Wildman–Crippen LogP) is 2.61. The average Bonchev–Trinajstić information content (AvgIpc) is 3.24. The van der Waals surface area contributed by atoms with Gasteiger partial charge in [-0.05, 0) is 42.0 Å². The van der Waals surface area contributed by atoms with E-state index < -0.39 is 17.9 Å². The summed E-state index contributed by atoms with van der Waals surface area (Å²) in [6, 6.07) is 19.6. The summed E-state index contributed by atoms with van der Waals surface area (Å²) in [5.41, 5.74) is 14.4. The maximum Gasteiger partial charge on any atom is 0.256 e. The van der Waals surface area contributed by atoms with Crippen molar-refractivity contribution >= 4 is 29.1 Å². The van der Waals surface area contributed by atoms with Crippen molar-refractivity contribution in [2.24, 2.45) is 5.73 Å². The summed E-state index contributed by atoms with van der Waals surface area (Å²) in [4.78, 5) is 29.1. The Bertz CT molecular complexity index is 1370. The molecule has 0 radical (unpaired) electrons. The van der Waals surface area contributed by atoms with E-state index in [2.05, 4.69) is 20.7 Å². The highest BCUT2D eigenvalue weighted by atomic mass is 16.2. The first kappa shape index (κ1) is 22.2. The topological polar surface area (TPSA) is 165 Å². The van der Waals surface area contributed by atoms with Crippen LogP contribution in [0.5, 0.6) is 0 Å². The van der Waals surface area contributed by atoms with E-state index in [4.69, 9.17) is 16.7 Å². The first-order valence-electron chi connectivity index (χ1n) is 10.2. The summed E-state index contributed by atoms with van der Waals surface area (Å²) < 4.78 is 1.58. The number of nitrogens with zero attached hydrogens (tertiary/aromatic N) is 4. The van der Waals surface area contributed by atoms with Gasteiger partial charge in [-0.3, -0.25) is 9.59 Å². The van der Waals surface area contributed by atoms with E-state index in [9.17, 15) is 9.59 Å². The SMILES string of the molecule is N#Cc1ccnc(NC(=O)C(N)c2ccc(C(=O)Nc3nn(-c4ccccc4)cc3N)cc2)c1. The maximum atomic E-state index is 12.7. The molecule has 2 heterocycles. The fourth-order valence-electron chi connectivity index (χ4n) is 3.14. The van der Waals surface area contributed by atoms with Crippen molar-refractivity contribution in [1.29, 1.82) is 5.26 Å². The number of benzene rings is 2. The van der Waals surface area contributed by atoms with E-state index in [1.54, 1.807) is 35.1 Å². The van der Waals surface area contributed by atoms with Crippen LogP contribution in [0.25, 0.3) is 5.69 Å². The molecule has 0 aliphatic carbocycles. The number of amides is 2. The van der Waals surface area contributed by atoms with E-state index in [1.807, 2.05) is 36.4 Å². The number of nitrogens with one attached hydrogen (secondary N) is 2. The molecule has 0 bridgehead atoms. The van der Waals surface area contributed by atoms with Gasteiger partial charge in [0.1, 0.15) is 11.9 Å². The van der Waals surface area contributed by atoms with Crippen LogP contribution in [0.3, 0.4) is 0 Å². The summed E-state index contributed by atoms with van der Waals surface area (Å²) in [6.45, 7) is 0. The van der Waals surface area contributed by atoms with Crippen LogP contribution < -0.4 is 22.1 Å². The van der Waals surface area contributed by atoms with Gasteiger partial charge in [0.25, 0.3) is 5.91 Å². The Hall–Kier alpha value is -5.01. The third-order valence-electron chi connectivity index (χ3n) is 4.95. The van der Waals surface area contributed by atoms with Gasteiger partial charge in [-0.15, -0.1) is 5.10 Å². The monoisotopic (exact) mass is 452 g/mol. The normalized spacial score (nSPS) is 11.3. The minimum absolute atomic E-state index is 0.225. The number of pyridine rings is 1. The van der Waals surface area contributed by atoms with Gasteiger partial charge >= 0.3 is 0 Å². The summed E-state index contributed by atoms with van der Waals surface area (Å²) in [6.07, 6.45) is 3.04. The molecule has 6 N–H and O–H groups in total. The second-order valence-corrected chi connectivity index (χ2v) is 7.30. The quantitative estimate of drug-likeness (QED) is 0.349. The van der Waals surface area contributed by atoms with Crippen LogP contribution >= 0.6 is 0 Å². The van der Waals surface area contributed by atoms with E-state index in [0.29, 0.717) is 22.4 Å². The largest absolute Gasteiger partial charge is 0.394 e. The fourth-order valence-corrected chi connectivity index (χ4v) is 3.14. The van der Waals surface area contributed by atoms with Crippen LogP contribution in [0.4, 0.5) is 17.3 Å². The number of carbonyl (C=O) groups excluding carboxylic acids is 2. The molecule has 4 aromatic rings. The van der Waals surface area contributed by atoms with Crippen molar-refractivity contribution in [1.82, 2.24) is 14.8 Å². The molecule has 1 atom stereocenters. The second kappa shape index (κ2) is 9.64. The molecule has 34 heavy (non-hydrogen) atoms. The summed E-state index contributed by atoms with van der Waals surface area (Å²) >= 11 is 0. The Balaban J connectivity index is 1.42. The van der Waals surface area contributed by atoms with Crippen molar-refractivity contribution in [2.45, 2.75) is 6.04 Å². The minimum atomic E-state index is -0.998. The number of nitrogens with two attached hydrogens (primary N) is 2. The summed E-state index contributed by atoms with van der Waals surface area (Å²) in [7, 11) is 0. The van der Waals surface area contributed by atoms with Crippen LogP contribution in [0.15, 0.2) is 79.1 Å². The Labute approximate surface area is 194 Å². The average molecular weight is 452 g/mol. The van der Waals surface area contributed by atoms with Crippen LogP contribution in [0.1, 0.15) is 27.5 Å². The molecule has 168 valence electrons.